The molecular weight excluding hydrogens is 336 g/mol. The summed E-state index contributed by atoms with van der Waals surface area (Å²) in [5, 5.41) is 5.46. The average molecular weight is 352 g/mol. The van der Waals surface area contributed by atoms with Gasteiger partial charge in [-0.05, 0) is 6.07 Å². The Bertz CT molecular complexity index is 1040. The van der Waals surface area contributed by atoms with E-state index >= 15 is 0 Å². The Balaban J connectivity index is 1.91. The highest BCUT2D eigenvalue weighted by molar-refractivity contribution is 5.98. The van der Waals surface area contributed by atoms with E-state index in [-0.39, 0.29) is 11.1 Å². The molecule has 132 valence electrons. The number of fused-ring (bicyclic) bond motifs is 1. The Labute approximate surface area is 148 Å². The van der Waals surface area contributed by atoms with Crippen molar-refractivity contribution in [3.05, 3.63) is 69.5 Å². The maximum atomic E-state index is 12.5. The van der Waals surface area contributed by atoms with Crippen LogP contribution in [0.3, 0.4) is 0 Å². The summed E-state index contributed by atoms with van der Waals surface area (Å²) >= 11 is 0. The number of carbonyl (C=O) groups excluding carboxylic acids is 1. The van der Waals surface area contributed by atoms with Gasteiger partial charge in [-0.2, -0.15) is 0 Å². The van der Waals surface area contributed by atoms with E-state index in [4.69, 9.17) is 14.2 Å². The van der Waals surface area contributed by atoms with Gasteiger partial charge in [0.05, 0.1) is 25.5 Å². The monoisotopic (exact) mass is 352 g/mol. The van der Waals surface area contributed by atoms with Gasteiger partial charge in [0.2, 0.25) is 0 Å². The molecule has 2 N–H and O–H groups in total. The lowest BCUT2D eigenvalue weighted by Gasteiger charge is -2.12. The Morgan fingerprint density at radius 2 is 1.73 bits per heavy atom. The Kier molecular flexibility index (Phi) is 3.76. The molecule has 0 saturated heterocycles. The number of nitrogens with one attached hydrogen (secondary N) is 2. The number of hydrogen-bond donors (Lipinski definition) is 2. The summed E-state index contributed by atoms with van der Waals surface area (Å²) in [6, 6.07) is 12.8. The van der Waals surface area contributed by atoms with Crippen molar-refractivity contribution in [1.29, 1.82) is 0 Å². The van der Waals surface area contributed by atoms with Crippen LogP contribution < -0.4 is 15.0 Å². The summed E-state index contributed by atoms with van der Waals surface area (Å²) in [5.74, 6) is 0.168. The van der Waals surface area contributed by atoms with Gasteiger partial charge in [0.15, 0.2) is 17.6 Å². The van der Waals surface area contributed by atoms with E-state index in [1.54, 1.807) is 12.1 Å². The molecule has 0 fully saturated rings. The van der Waals surface area contributed by atoms with Crippen LogP contribution in [0, 0.1) is 0 Å². The predicted molar refractivity (Wildman–Crippen MR) is 93.7 cm³/mol. The number of rotatable bonds is 4. The molecule has 2 aromatic carbocycles. The Morgan fingerprint density at radius 1 is 0.962 bits per heavy atom. The first-order chi connectivity index (χ1) is 12.7. The van der Waals surface area contributed by atoms with Crippen LogP contribution in [0.5, 0.6) is 11.5 Å². The number of hydrogen-bond acceptors (Lipinski definition) is 5. The normalized spacial score (nSPS) is 15.5. The maximum Gasteiger partial charge on any atom is 0.343 e. The number of methoxy groups -OCH3 is 2. The fourth-order valence-electron chi connectivity index (χ4n) is 3.27. The molecule has 7 heteroatoms. The maximum absolute atomic E-state index is 12.5. The number of H-pyrrole nitrogens is 2. The molecule has 26 heavy (non-hydrogen) atoms. The number of carbonyl (C=O) groups is 1. The predicted octanol–water partition coefficient (Wildman–Crippen LogP) is 2.65. The van der Waals surface area contributed by atoms with Crippen molar-refractivity contribution in [2.45, 2.75) is 6.10 Å². The first-order valence-corrected chi connectivity index (χ1v) is 7.97. The van der Waals surface area contributed by atoms with Crippen LogP contribution in [-0.2, 0) is 4.74 Å². The molecule has 0 unspecified atom stereocenters. The lowest BCUT2D eigenvalue weighted by atomic mass is 9.96. The van der Waals surface area contributed by atoms with Crippen LogP contribution in [0.25, 0.3) is 11.3 Å². The van der Waals surface area contributed by atoms with Gasteiger partial charge in [-0.3, -0.25) is 15.0 Å². The third kappa shape index (κ3) is 2.28. The fraction of sp³-hybridized carbons (Fsp3) is 0.158. The zero-order valence-electron chi connectivity index (χ0n) is 14.2. The number of esters is 1. The van der Waals surface area contributed by atoms with Gasteiger partial charge in [-0.25, -0.2) is 4.79 Å². The first-order valence-electron chi connectivity index (χ1n) is 7.97. The van der Waals surface area contributed by atoms with Crippen LogP contribution in [-0.4, -0.2) is 30.4 Å². The molecule has 0 saturated carbocycles. The van der Waals surface area contributed by atoms with Gasteiger partial charge >= 0.3 is 5.97 Å². The Morgan fingerprint density at radius 3 is 2.42 bits per heavy atom. The smallest absolute Gasteiger partial charge is 0.343 e. The second-order valence-corrected chi connectivity index (χ2v) is 5.78. The van der Waals surface area contributed by atoms with Crippen LogP contribution in [0.4, 0.5) is 0 Å². The van der Waals surface area contributed by atoms with Crippen LogP contribution in [0.1, 0.15) is 27.6 Å². The molecule has 0 amide bonds. The molecule has 4 rings (SSSR count). The Hall–Kier alpha value is -3.48. The lowest BCUT2D eigenvalue weighted by Crippen LogP contribution is -2.13. The van der Waals surface area contributed by atoms with E-state index in [0.717, 1.165) is 5.56 Å². The summed E-state index contributed by atoms with van der Waals surface area (Å²) in [6.45, 7) is 0. The highest BCUT2D eigenvalue weighted by atomic mass is 16.6. The third-order valence-electron chi connectivity index (χ3n) is 4.43. The summed E-state index contributed by atoms with van der Waals surface area (Å²) in [7, 11) is 2.95. The molecule has 3 aromatic rings. The summed E-state index contributed by atoms with van der Waals surface area (Å²) in [5.41, 5.74) is 2.23. The van der Waals surface area contributed by atoms with Gasteiger partial charge in [0.1, 0.15) is 5.56 Å². The topological polar surface area (TPSA) is 93.4 Å². The van der Waals surface area contributed by atoms with Crippen LogP contribution >= 0.6 is 0 Å². The van der Waals surface area contributed by atoms with Crippen molar-refractivity contribution in [3.63, 3.8) is 0 Å². The van der Waals surface area contributed by atoms with Crippen LogP contribution in [0.15, 0.2) is 47.3 Å². The summed E-state index contributed by atoms with van der Waals surface area (Å²) in [6.07, 6.45) is -0.831. The SMILES string of the molecule is COc1ccc2c(c1OC)C(=O)O[C@H]2c1c(-c2ccccc2)[nH][nH]c1=O. The van der Waals surface area contributed by atoms with Crippen molar-refractivity contribution < 1.29 is 19.0 Å². The van der Waals surface area contributed by atoms with Gasteiger partial charge in [-0.15, -0.1) is 0 Å². The van der Waals surface area contributed by atoms with Crippen molar-refractivity contribution >= 4 is 5.97 Å². The number of benzene rings is 2. The molecule has 2 heterocycles. The van der Waals surface area contributed by atoms with Crippen molar-refractivity contribution in [3.8, 4) is 22.8 Å². The highest BCUT2D eigenvalue weighted by Crippen LogP contribution is 2.44. The number of aromatic nitrogens is 2. The van der Waals surface area contributed by atoms with Crippen molar-refractivity contribution in [1.82, 2.24) is 10.2 Å². The van der Waals surface area contributed by atoms with E-state index in [2.05, 4.69) is 10.2 Å². The van der Waals surface area contributed by atoms with Gasteiger partial charge < -0.3 is 14.2 Å². The number of aromatic amines is 2. The van der Waals surface area contributed by atoms with Gasteiger partial charge in [-0.1, -0.05) is 36.4 Å². The molecule has 0 radical (unpaired) electrons. The minimum atomic E-state index is -0.831. The second-order valence-electron chi connectivity index (χ2n) is 5.78. The van der Waals surface area contributed by atoms with Gasteiger partial charge in [0.25, 0.3) is 5.56 Å². The molecule has 0 spiro atoms. The van der Waals surface area contributed by atoms with E-state index < -0.39 is 12.1 Å². The summed E-state index contributed by atoms with van der Waals surface area (Å²) in [4.78, 5) is 25.0. The minimum absolute atomic E-state index is 0.275. The third-order valence-corrected chi connectivity index (χ3v) is 4.43. The number of ether oxygens (including phenoxy) is 3. The first kappa shape index (κ1) is 16.0. The molecule has 7 nitrogen and oxygen atoms in total. The zero-order valence-corrected chi connectivity index (χ0v) is 14.2. The highest BCUT2D eigenvalue weighted by Gasteiger charge is 2.39. The number of cyclic esters (lactones) is 1. The molecule has 1 atom stereocenters. The second kappa shape index (κ2) is 6.11. The summed E-state index contributed by atoms with van der Waals surface area (Å²) < 4.78 is 16.1. The van der Waals surface area contributed by atoms with Crippen molar-refractivity contribution in [2.75, 3.05) is 14.2 Å². The molecule has 0 aliphatic carbocycles. The molecule has 1 aromatic heterocycles. The fourth-order valence-corrected chi connectivity index (χ4v) is 3.27. The molecule has 1 aliphatic rings. The van der Waals surface area contributed by atoms with Gasteiger partial charge in [0, 0.05) is 11.1 Å². The average Bonchev–Trinajstić information content (AvgIpc) is 3.21. The molecular formula is C19H16N2O5. The molecule has 1 aliphatic heterocycles. The van der Waals surface area contributed by atoms with E-state index in [0.29, 0.717) is 28.3 Å². The zero-order chi connectivity index (χ0) is 18.3. The van der Waals surface area contributed by atoms with E-state index in [1.165, 1.54) is 14.2 Å². The minimum Gasteiger partial charge on any atom is -0.493 e. The van der Waals surface area contributed by atoms with Crippen molar-refractivity contribution in [2.24, 2.45) is 0 Å². The van der Waals surface area contributed by atoms with E-state index in [9.17, 15) is 9.59 Å². The largest absolute Gasteiger partial charge is 0.493 e. The molecule has 0 bridgehead atoms. The standard InChI is InChI=1S/C19H16N2O5/c1-24-12-9-8-11-13(17(12)25-2)19(23)26-16(11)14-15(20-21-18(14)22)10-6-4-3-5-7-10/h3-9,16H,1-2H3,(H2,20,21,22)/t16-/m1/s1. The quantitative estimate of drug-likeness (QED) is 0.704. The van der Waals surface area contributed by atoms with E-state index in [1.807, 2.05) is 30.3 Å². The van der Waals surface area contributed by atoms with Crippen LogP contribution in [0.2, 0.25) is 0 Å². The lowest BCUT2D eigenvalue weighted by molar-refractivity contribution is 0.0453.